The molecule has 1 aromatic carbocycles. The largest absolute Gasteiger partial charge is 0.392 e. The van der Waals surface area contributed by atoms with Crippen LogP contribution in [0.2, 0.25) is 0 Å². The Balaban J connectivity index is 2.54. The molecular weight excluding hydrogens is 264 g/mol. The van der Waals surface area contributed by atoms with Gasteiger partial charge >= 0.3 is 0 Å². The Kier molecular flexibility index (Phi) is 9.28. The van der Waals surface area contributed by atoms with E-state index in [1.807, 2.05) is 18.2 Å². The van der Waals surface area contributed by atoms with Crippen molar-refractivity contribution >= 4 is 11.8 Å². The molecular formula is C18H26OS. The molecule has 2 heteroatoms. The van der Waals surface area contributed by atoms with Gasteiger partial charge in [0.15, 0.2) is 0 Å². The molecule has 0 aliphatic carbocycles. The van der Waals surface area contributed by atoms with Crippen LogP contribution in [-0.4, -0.2) is 17.0 Å². The van der Waals surface area contributed by atoms with Crippen molar-refractivity contribution in [1.29, 1.82) is 0 Å². The standard InChI is InChI=1S/C18H26OS/c1-3-5-6-8-12-16(18(19)11-4-2)15-20-17-13-9-7-10-14-17/h7,9-10,13-14,16,18-19H,3-6,11,15H2,1-2H3/t16-,18+/m0/s1. The summed E-state index contributed by atoms with van der Waals surface area (Å²) in [6.07, 6.45) is 4.81. The van der Waals surface area contributed by atoms with Gasteiger partial charge in [0, 0.05) is 17.1 Å². The lowest BCUT2D eigenvalue weighted by Crippen LogP contribution is -2.21. The Hall–Kier alpha value is -0.910. The molecule has 110 valence electrons. The third-order valence-corrected chi connectivity index (χ3v) is 4.30. The summed E-state index contributed by atoms with van der Waals surface area (Å²) in [6.45, 7) is 4.28. The monoisotopic (exact) mass is 290 g/mol. The lowest BCUT2D eigenvalue weighted by Gasteiger charge is -2.17. The molecule has 1 aromatic rings. The molecule has 20 heavy (non-hydrogen) atoms. The second kappa shape index (κ2) is 10.8. The third-order valence-electron chi connectivity index (χ3n) is 3.16. The van der Waals surface area contributed by atoms with Gasteiger partial charge in [-0.3, -0.25) is 0 Å². The van der Waals surface area contributed by atoms with Gasteiger partial charge in [-0.1, -0.05) is 50.8 Å². The third kappa shape index (κ3) is 7.03. The van der Waals surface area contributed by atoms with Gasteiger partial charge < -0.3 is 5.11 Å². The molecule has 0 saturated carbocycles. The number of rotatable bonds is 8. The maximum Gasteiger partial charge on any atom is 0.0685 e. The van der Waals surface area contributed by atoms with Crippen LogP contribution >= 0.6 is 11.8 Å². The molecule has 1 rings (SSSR count). The highest BCUT2D eigenvalue weighted by molar-refractivity contribution is 7.99. The Labute approximate surface area is 128 Å². The molecule has 0 radical (unpaired) electrons. The van der Waals surface area contributed by atoms with Gasteiger partial charge in [-0.2, -0.15) is 0 Å². The minimum Gasteiger partial charge on any atom is -0.392 e. The van der Waals surface area contributed by atoms with Gasteiger partial charge in [-0.15, -0.1) is 17.7 Å². The van der Waals surface area contributed by atoms with Crippen LogP contribution in [0.4, 0.5) is 0 Å². The summed E-state index contributed by atoms with van der Waals surface area (Å²) in [5.74, 6) is 7.47. The minimum atomic E-state index is -0.301. The molecule has 0 bridgehead atoms. The molecule has 0 aliphatic rings. The van der Waals surface area contributed by atoms with Crippen LogP contribution in [0.25, 0.3) is 0 Å². The highest BCUT2D eigenvalue weighted by Gasteiger charge is 2.16. The summed E-state index contributed by atoms with van der Waals surface area (Å²) < 4.78 is 0. The lowest BCUT2D eigenvalue weighted by atomic mass is 10.0. The number of benzene rings is 1. The van der Waals surface area contributed by atoms with Crippen LogP contribution in [0.5, 0.6) is 0 Å². The van der Waals surface area contributed by atoms with Crippen LogP contribution in [0, 0.1) is 17.8 Å². The highest BCUT2D eigenvalue weighted by atomic mass is 32.2. The lowest BCUT2D eigenvalue weighted by molar-refractivity contribution is 0.133. The molecule has 0 saturated heterocycles. The van der Waals surface area contributed by atoms with E-state index in [2.05, 4.69) is 37.8 Å². The normalized spacial score (nSPS) is 13.3. The maximum absolute atomic E-state index is 10.2. The topological polar surface area (TPSA) is 20.2 Å². The minimum absolute atomic E-state index is 0.0806. The summed E-state index contributed by atoms with van der Waals surface area (Å²) in [4.78, 5) is 1.25. The van der Waals surface area contributed by atoms with Gasteiger partial charge in [0.2, 0.25) is 0 Å². The Morgan fingerprint density at radius 3 is 2.55 bits per heavy atom. The average molecular weight is 290 g/mol. The molecule has 1 N–H and O–H groups in total. The summed E-state index contributed by atoms with van der Waals surface area (Å²) in [6, 6.07) is 10.3. The van der Waals surface area contributed by atoms with E-state index in [0.717, 1.165) is 31.4 Å². The highest BCUT2D eigenvalue weighted by Crippen LogP contribution is 2.23. The number of thioether (sulfide) groups is 1. The van der Waals surface area contributed by atoms with Crippen molar-refractivity contribution in [3.63, 3.8) is 0 Å². The quantitative estimate of drug-likeness (QED) is 0.423. The summed E-state index contributed by atoms with van der Waals surface area (Å²) >= 11 is 1.78. The number of unbranched alkanes of at least 4 members (excludes halogenated alkanes) is 2. The van der Waals surface area contributed by atoms with Crippen molar-refractivity contribution < 1.29 is 5.11 Å². The molecule has 0 spiro atoms. The van der Waals surface area contributed by atoms with E-state index in [0.29, 0.717) is 0 Å². The van der Waals surface area contributed by atoms with Crippen molar-refractivity contribution in [2.45, 2.75) is 57.0 Å². The van der Waals surface area contributed by atoms with E-state index in [1.54, 1.807) is 11.8 Å². The molecule has 0 aliphatic heterocycles. The van der Waals surface area contributed by atoms with Gasteiger partial charge in [0.25, 0.3) is 0 Å². The molecule has 2 atom stereocenters. The predicted molar refractivity (Wildman–Crippen MR) is 88.9 cm³/mol. The Morgan fingerprint density at radius 1 is 1.15 bits per heavy atom. The molecule has 1 nitrogen and oxygen atoms in total. The van der Waals surface area contributed by atoms with Crippen LogP contribution < -0.4 is 0 Å². The van der Waals surface area contributed by atoms with E-state index in [9.17, 15) is 5.11 Å². The van der Waals surface area contributed by atoms with E-state index in [-0.39, 0.29) is 12.0 Å². The van der Waals surface area contributed by atoms with Crippen LogP contribution in [0.15, 0.2) is 35.2 Å². The first-order valence-electron chi connectivity index (χ1n) is 7.62. The fourth-order valence-corrected chi connectivity index (χ4v) is 2.94. The second-order valence-electron chi connectivity index (χ2n) is 5.01. The van der Waals surface area contributed by atoms with Gasteiger partial charge in [0.05, 0.1) is 12.0 Å². The zero-order valence-electron chi connectivity index (χ0n) is 12.6. The second-order valence-corrected chi connectivity index (χ2v) is 6.10. The SMILES string of the molecule is CCCCC#C[C@@H](CSc1ccccc1)[C@H](O)CCC. The Morgan fingerprint density at radius 2 is 1.90 bits per heavy atom. The van der Waals surface area contributed by atoms with E-state index >= 15 is 0 Å². The summed E-state index contributed by atoms with van der Waals surface area (Å²) in [5, 5.41) is 10.2. The molecule has 0 fully saturated rings. The molecule has 0 amide bonds. The first-order chi connectivity index (χ1) is 9.77. The molecule has 0 aromatic heterocycles. The zero-order chi connectivity index (χ0) is 14.6. The van der Waals surface area contributed by atoms with Gasteiger partial charge in [0.1, 0.15) is 0 Å². The number of hydrogen-bond acceptors (Lipinski definition) is 2. The summed E-state index contributed by atoms with van der Waals surface area (Å²) in [5.41, 5.74) is 0. The van der Waals surface area contributed by atoms with Crippen molar-refractivity contribution in [1.82, 2.24) is 0 Å². The van der Waals surface area contributed by atoms with Crippen molar-refractivity contribution in [2.24, 2.45) is 5.92 Å². The Bertz CT molecular complexity index is 404. The van der Waals surface area contributed by atoms with Crippen LogP contribution in [-0.2, 0) is 0 Å². The van der Waals surface area contributed by atoms with Crippen molar-refractivity contribution in [2.75, 3.05) is 5.75 Å². The number of aliphatic hydroxyl groups is 1. The van der Waals surface area contributed by atoms with Gasteiger partial charge in [-0.25, -0.2) is 0 Å². The van der Waals surface area contributed by atoms with Crippen molar-refractivity contribution in [3.05, 3.63) is 30.3 Å². The van der Waals surface area contributed by atoms with E-state index < -0.39 is 0 Å². The number of hydrogen-bond donors (Lipinski definition) is 1. The number of aliphatic hydroxyl groups excluding tert-OH is 1. The average Bonchev–Trinajstić information content (AvgIpc) is 2.47. The van der Waals surface area contributed by atoms with Crippen LogP contribution in [0.3, 0.4) is 0 Å². The fraction of sp³-hybridized carbons (Fsp3) is 0.556. The fourth-order valence-electron chi connectivity index (χ4n) is 1.92. The molecule has 0 heterocycles. The first-order valence-corrected chi connectivity index (χ1v) is 8.60. The zero-order valence-corrected chi connectivity index (χ0v) is 13.5. The van der Waals surface area contributed by atoms with Crippen LogP contribution in [0.1, 0.15) is 46.0 Å². The predicted octanol–water partition coefficient (Wildman–Crippen LogP) is 4.75. The summed E-state index contributed by atoms with van der Waals surface area (Å²) in [7, 11) is 0. The first kappa shape index (κ1) is 17.1. The van der Waals surface area contributed by atoms with E-state index in [1.165, 1.54) is 11.3 Å². The molecule has 0 unspecified atom stereocenters. The maximum atomic E-state index is 10.2. The van der Waals surface area contributed by atoms with E-state index in [4.69, 9.17) is 0 Å². The van der Waals surface area contributed by atoms with Crippen molar-refractivity contribution in [3.8, 4) is 11.8 Å². The smallest absolute Gasteiger partial charge is 0.0685 e. The van der Waals surface area contributed by atoms with Gasteiger partial charge in [-0.05, 0) is 25.0 Å².